The predicted molar refractivity (Wildman–Crippen MR) is 269 cm³/mol. The van der Waals surface area contributed by atoms with Gasteiger partial charge in [-0.05, 0) is 77.0 Å². The molecule has 0 aliphatic carbocycles. The third-order valence-electron chi connectivity index (χ3n) is 10.1. The van der Waals surface area contributed by atoms with Gasteiger partial charge in [-0.3, -0.25) is 14.4 Å². The van der Waals surface area contributed by atoms with Crippen LogP contribution in [0.5, 0.6) is 0 Å². The SMILES string of the molecule is CC\C=C/C=C\C=C/C=C\CCCCCC(=O)OC(COC(=O)CC/C=C\C/C=C\C/C=C\C/C=C\C/C=C\C/C=C\CC)COC(=O)CCCCCCCCCCCCCCC. The van der Waals surface area contributed by atoms with Crippen molar-refractivity contribution in [1.29, 1.82) is 0 Å². The fourth-order valence-corrected chi connectivity index (χ4v) is 6.36. The summed E-state index contributed by atoms with van der Waals surface area (Å²) in [6.45, 7) is 6.26. The van der Waals surface area contributed by atoms with Crippen LogP contribution < -0.4 is 0 Å². The van der Waals surface area contributed by atoms with Crippen molar-refractivity contribution in [2.24, 2.45) is 0 Å². The van der Waals surface area contributed by atoms with E-state index in [1.807, 2.05) is 48.6 Å². The summed E-state index contributed by atoms with van der Waals surface area (Å²) >= 11 is 0. The van der Waals surface area contributed by atoms with Crippen LogP contribution in [0.25, 0.3) is 0 Å². The molecule has 63 heavy (non-hydrogen) atoms. The van der Waals surface area contributed by atoms with Gasteiger partial charge in [-0.2, -0.15) is 0 Å². The Labute approximate surface area is 386 Å². The lowest BCUT2D eigenvalue weighted by Crippen LogP contribution is -2.30. The Balaban J connectivity index is 4.56. The van der Waals surface area contributed by atoms with Crippen molar-refractivity contribution < 1.29 is 28.6 Å². The van der Waals surface area contributed by atoms with Gasteiger partial charge in [0.1, 0.15) is 13.2 Å². The Kier molecular flexibility index (Phi) is 47.1. The fraction of sp³-hybridized carbons (Fsp3) is 0.596. The molecule has 0 bridgehead atoms. The Morgan fingerprint density at radius 3 is 1.22 bits per heavy atom. The Morgan fingerprint density at radius 1 is 0.349 bits per heavy atom. The second-order valence-corrected chi connectivity index (χ2v) is 16.1. The highest BCUT2D eigenvalue weighted by Gasteiger charge is 2.19. The first-order valence-electron chi connectivity index (χ1n) is 25.1. The molecular weight excluding hydrogens is 781 g/mol. The van der Waals surface area contributed by atoms with Crippen LogP contribution in [0.2, 0.25) is 0 Å². The number of carbonyl (C=O) groups is 3. The Morgan fingerprint density at radius 2 is 0.730 bits per heavy atom. The van der Waals surface area contributed by atoms with Crippen LogP contribution in [0.15, 0.2) is 122 Å². The van der Waals surface area contributed by atoms with Crippen molar-refractivity contribution in [3.05, 3.63) is 122 Å². The van der Waals surface area contributed by atoms with E-state index in [2.05, 4.69) is 93.7 Å². The molecule has 6 nitrogen and oxygen atoms in total. The molecule has 0 aromatic rings. The standard InChI is InChI=1S/C57H90O6/c1-4-7-10-13-16-19-22-25-26-27-28-29-30-33-35-38-41-44-47-50-56(59)62-53-54(63-57(60)51-48-45-42-39-36-32-24-21-18-15-12-9-6-3)52-61-55(58)49-46-43-40-37-34-31-23-20-17-14-11-8-5-2/h7,9-10,12,15-16,18-19,21,24-26,28-29,32-33,35-36,41,44,54H,4-6,8,11,13-14,17,20,22-23,27,30-31,34,37-40,42-43,45-53H2,1-3H3/b10-7-,12-9-,18-15-,19-16-,24-21-,26-25-,29-28-,35-33-,36-32-,44-41-. The quantitative estimate of drug-likeness (QED) is 0.0200. The van der Waals surface area contributed by atoms with Crippen molar-refractivity contribution in [2.45, 2.75) is 207 Å². The van der Waals surface area contributed by atoms with Gasteiger partial charge >= 0.3 is 17.9 Å². The molecule has 0 amide bonds. The zero-order valence-corrected chi connectivity index (χ0v) is 40.3. The number of hydrogen-bond donors (Lipinski definition) is 0. The van der Waals surface area contributed by atoms with E-state index in [1.54, 1.807) is 0 Å². The molecular formula is C57H90O6. The minimum Gasteiger partial charge on any atom is -0.462 e. The van der Waals surface area contributed by atoms with Crippen LogP contribution in [0.4, 0.5) is 0 Å². The minimum absolute atomic E-state index is 0.119. The number of carbonyl (C=O) groups excluding carboxylic acids is 3. The van der Waals surface area contributed by atoms with Gasteiger partial charge in [0.15, 0.2) is 6.10 Å². The van der Waals surface area contributed by atoms with Crippen molar-refractivity contribution in [2.75, 3.05) is 13.2 Å². The molecule has 0 N–H and O–H groups in total. The number of ether oxygens (including phenoxy) is 3. The molecule has 0 aromatic heterocycles. The molecule has 0 spiro atoms. The van der Waals surface area contributed by atoms with Crippen LogP contribution >= 0.6 is 0 Å². The average molecular weight is 871 g/mol. The van der Waals surface area contributed by atoms with E-state index in [1.165, 1.54) is 64.2 Å². The summed E-state index contributed by atoms with van der Waals surface area (Å²) in [5, 5.41) is 0. The molecule has 0 rings (SSSR count). The minimum atomic E-state index is -0.829. The van der Waals surface area contributed by atoms with Gasteiger partial charge < -0.3 is 14.2 Å². The van der Waals surface area contributed by atoms with Gasteiger partial charge in [0, 0.05) is 19.3 Å². The summed E-state index contributed by atoms with van der Waals surface area (Å²) in [7, 11) is 0. The summed E-state index contributed by atoms with van der Waals surface area (Å²) in [4.78, 5) is 37.9. The molecule has 0 radical (unpaired) electrons. The van der Waals surface area contributed by atoms with Crippen LogP contribution in [0.1, 0.15) is 201 Å². The maximum absolute atomic E-state index is 12.8. The van der Waals surface area contributed by atoms with Crippen molar-refractivity contribution in [3.63, 3.8) is 0 Å². The van der Waals surface area contributed by atoms with E-state index in [0.29, 0.717) is 19.3 Å². The van der Waals surface area contributed by atoms with Gasteiger partial charge in [-0.1, -0.05) is 226 Å². The number of unbranched alkanes of at least 4 members (excludes halogenated alkanes) is 15. The molecule has 354 valence electrons. The third-order valence-corrected chi connectivity index (χ3v) is 10.1. The molecule has 1 atom stereocenters. The summed E-state index contributed by atoms with van der Waals surface area (Å²) in [6, 6.07) is 0. The second kappa shape index (κ2) is 50.5. The first-order chi connectivity index (χ1) is 31.0. The average Bonchev–Trinajstić information content (AvgIpc) is 3.28. The number of rotatable bonds is 43. The largest absolute Gasteiger partial charge is 0.462 e. The molecule has 6 heteroatoms. The Bertz CT molecular complexity index is 1370. The van der Waals surface area contributed by atoms with E-state index >= 15 is 0 Å². The lowest BCUT2D eigenvalue weighted by molar-refractivity contribution is -0.166. The molecule has 0 fully saturated rings. The monoisotopic (exact) mass is 871 g/mol. The molecule has 1 unspecified atom stereocenters. The first kappa shape index (κ1) is 58.8. The lowest BCUT2D eigenvalue weighted by atomic mass is 10.0. The van der Waals surface area contributed by atoms with E-state index < -0.39 is 6.10 Å². The van der Waals surface area contributed by atoms with E-state index in [4.69, 9.17) is 14.2 Å². The number of esters is 3. The van der Waals surface area contributed by atoms with Gasteiger partial charge in [-0.15, -0.1) is 0 Å². The highest BCUT2D eigenvalue weighted by molar-refractivity contribution is 5.71. The van der Waals surface area contributed by atoms with E-state index in [0.717, 1.165) is 83.5 Å². The highest BCUT2D eigenvalue weighted by atomic mass is 16.6. The summed E-state index contributed by atoms with van der Waals surface area (Å²) < 4.78 is 16.7. The van der Waals surface area contributed by atoms with Crippen LogP contribution in [0.3, 0.4) is 0 Å². The van der Waals surface area contributed by atoms with E-state index in [-0.39, 0.29) is 44.0 Å². The maximum atomic E-state index is 12.8. The van der Waals surface area contributed by atoms with Crippen LogP contribution in [-0.2, 0) is 28.6 Å². The van der Waals surface area contributed by atoms with Gasteiger partial charge in [0.05, 0.1) is 0 Å². The molecule has 0 saturated heterocycles. The van der Waals surface area contributed by atoms with Crippen molar-refractivity contribution in [1.82, 2.24) is 0 Å². The van der Waals surface area contributed by atoms with Crippen molar-refractivity contribution >= 4 is 17.9 Å². The maximum Gasteiger partial charge on any atom is 0.306 e. The third kappa shape index (κ3) is 48.7. The van der Waals surface area contributed by atoms with Gasteiger partial charge in [0.2, 0.25) is 0 Å². The number of hydrogen-bond acceptors (Lipinski definition) is 6. The van der Waals surface area contributed by atoms with Crippen LogP contribution in [0, 0.1) is 0 Å². The highest BCUT2D eigenvalue weighted by Crippen LogP contribution is 2.14. The van der Waals surface area contributed by atoms with Crippen LogP contribution in [-0.4, -0.2) is 37.2 Å². The summed E-state index contributed by atoms with van der Waals surface area (Å²) in [6.07, 6.45) is 69.1. The molecule has 0 aliphatic heterocycles. The number of allylic oxidation sites excluding steroid dienone is 20. The van der Waals surface area contributed by atoms with Crippen molar-refractivity contribution in [3.8, 4) is 0 Å². The topological polar surface area (TPSA) is 78.9 Å². The normalized spacial score (nSPS) is 13.1. The first-order valence-corrected chi connectivity index (χ1v) is 25.1. The second-order valence-electron chi connectivity index (χ2n) is 16.1. The zero-order valence-electron chi connectivity index (χ0n) is 40.3. The van der Waals surface area contributed by atoms with Gasteiger partial charge in [-0.25, -0.2) is 0 Å². The van der Waals surface area contributed by atoms with Gasteiger partial charge in [0.25, 0.3) is 0 Å². The lowest BCUT2D eigenvalue weighted by Gasteiger charge is -2.18. The molecule has 0 aliphatic rings. The summed E-state index contributed by atoms with van der Waals surface area (Å²) in [5.74, 6) is -1.06. The smallest absolute Gasteiger partial charge is 0.306 e. The molecule has 0 heterocycles. The molecule has 0 saturated carbocycles. The Hall–Kier alpha value is -4.19. The predicted octanol–water partition coefficient (Wildman–Crippen LogP) is 16.5. The zero-order chi connectivity index (χ0) is 45.8. The fourth-order valence-electron chi connectivity index (χ4n) is 6.36. The summed E-state index contributed by atoms with van der Waals surface area (Å²) in [5.41, 5.74) is 0. The molecule has 0 aromatic carbocycles. The van der Waals surface area contributed by atoms with E-state index in [9.17, 15) is 14.4 Å².